The summed E-state index contributed by atoms with van der Waals surface area (Å²) in [5, 5.41) is 0. The Morgan fingerprint density at radius 2 is 1.85 bits per heavy atom. The molecule has 0 saturated carbocycles. The molecule has 0 amide bonds. The Hall–Kier alpha value is -0.0800. The Balaban J connectivity index is 3.67. The summed E-state index contributed by atoms with van der Waals surface area (Å²) >= 11 is 0. The molecule has 0 heterocycles. The molecular weight excluding hydrogens is 160 g/mol. The summed E-state index contributed by atoms with van der Waals surface area (Å²) in [7, 11) is 2.19. The molecule has 0 aliphatic rings. The van der Waals surface area contributed by atoms with E-state index in [2.05, 4.69) is 39.6 Å². The monoisotopic (exact) mass is 186 g/mol. The van der Waals surface area contributed by atoms with Gasteiger partial charge in [0, 0.05) is 13.1 Å². The normalized spacial score (nSPS) is 15.0. The first-order chi connectivity index (χ1) is 5.85. The van der Waals surface area contributed by atoms with E-state index in [1.807, 2.05) is 0 Å². The van der Waals surface area contributed by atoms with Gasteiger partial charge in [0.1, 0.15) is 0 Å². The van der Waals surface area contributed by atoms with Gasteiger partial charge in [0.05, 0.1) is 0 Å². The van der Waals surface area contributed by atoms with Gasteiger partial charge in [-0.1, -0.05) is 27.7 Å². The average Bonchev–Trinajstić information content (AvgIpc) is 1.81. The molecule has 13 heavy (non-hydrogen) atoms. The molecule has 0 bridgehead atoms. The van der Waals surface area contributed by atoms with E-state index in [4.69, 9.17) is 5.73 Å². The van der Waals surface area contributed by atoms with Crippen molar-refractivity contribution >= 4 is 0 Å². The lowest BCUT2D eigenvalue weighted by Gasteiger charge is -2.28. The number of hydrogen-bond donors (Lipinski definition) is 1. The van der Waals surface area contributed by atoms with Crippen LogP contribution in [-0.2, 0) is 0 Å². The SMILES string of the molecule is CC(CCN)CN(C)CC(C)(C)C. The highest BCUT2D eigenvalue weighted by Crippen LogP contribution is 2.15. The van der Waals surface area contributed by atoms with Gasteiger partial charge in [-0.25, -0.2) is 0 Å². The topological polar surface area (TPSA) is 29.3 Å². The summed E-state index contributed by atoms with van der Waals surface area (Å²) in [5.74, 6) is 0.720. The quantitative estimate of drug-likeness (QED) is 0.711. The highest BCUT2D eigenvalue weighted by Gasteiger charge is 2.14. The molecule has 0 radical (unpaired) electrons. The van der Waals surface area contributed by atoms with Gasteiger partial charge < -0.3 is 10.6 Å². The minimum atomic E-state index is 0.400. The molecule has 80 valence electrons. The van der Waals surface area contributed by atoms with Crippen LogP contribution in [0, 0.1) is 11.3 Å². The molecule has 0 fully saturated rings. The van der Waals surface area contributed by atoms with Gasteiger partial charge >= 0.3 is 0 Å². The molecule has 2 N–H and O–H groups in total. The highest BCUT2D eigenvalue weighted by molar-refractivity contribution is 4.68. The van der Waals surface area contributed by atoms with Gasteiger partial charge in [-0.2, -0.15) is 0 Å². The van der Waals surface area contributed by atoms with E-state index in [1.165, 1.54) is 0 Å². The Morgan fingerprint density at radius 3 is 2.23 bits per heavy atom. The third-order valence-corrected chi connectivity index (χ3v) is 2.03. The average molecular weight is 186 g/mol. The highest BCUT2D eigenvalue weighted by atomic mass is 15.1. The molecule has 2 heteroatoms. The zero-order valence-electron chi connectivity index (χ0n) is 9.93. The molecule has 1 unspecified atom stereocenters. The largest absolute Gasteiger partial charge is 0.330 e. The van der Waals surface area contributed by atoms with Crippen molar-refractivity contribution in [2.24, 2.45) is 17.1 Å². The fourth-order valence-corrected chi connectivity index (χ4v) is 1.78. The van der Waals surface area contributed by atoms with Gasteiger partial charge in [-0.3, -0.25) is 0 Å². The molecular formula is C11H26N2. The Morgan fingerprint density at radius 1 is 1.31 bits per heavy atom. The predicted molar refractivity (Wildman–Crippen MR) is 59.8 cm³/mol. The van der Waals surface area contributed by atoms with E-state index in [-0.39, 0.29) is 0 Å². The fraction of sp³-hybridized carbons (Fsp3) is 1.00. The molecule has 0 aromatic carbocycles. The molecule has 0 aromatic heterocycles. The smallest absolute Gasteiger partial charge is 0.00271 e. The van der Waals surface area contributed by atoms with Crippen molar-refractivity contribution in [2.45, 2.75) is 34.1 Å². The molecule has 0 rings (SSSR count). The number of nitrogens with two attached hydrogens (primary N) is 1. The maximum atomic E-state index is 5.51. The predicted octanol–water partition coefficient (Wildman–Crippen LogP) is 1.95. The van der Waals surface area contributed by atoms with Crippen LogP contribution in [-0.4, -0.2) is 31.6 Å². The molecule has 0 saturated heterocycles. The van der Waals surface area contributed by atoms with Crippen molar-refractivity contribution < 1.29 is 0 Å². The third kappa shape index (κ3) is 8.26. The van der Waals surface area contributed by atoms with Crippen LogP contribution < -0.4 is 5.73 Å². The zero-order chi connectivity index (χ0) is 10.5. The molecule has 0 aliphatic carbocycles. The number of hydrogen-bond acceptors (Lipinski definition) is 2. The Kier molecular flexibility index (Phi) is 5.57. The second kappa shape index (κ2) is 5.61. The minimum Gasteiger partial charge on any atom is -0.330 e. The van der Waals surface area contributed by atoms with Crippen LogP contribution in [0.4, 0.5) is 0 Å². The van der Waals surface area contributed by atoms with Gasteiger partial charge in [0.25, 0.3) is 0 Å². The van der Waals surface area contributed by atoms with E-state index in [1.54, 1.807) is 0 Å². The van der Waals surface area contributed by atoms with Crippen LogP contribution in [0.15, 0.2) is 0 Å². The Bertz CT molecular complexity index is 127. The van der Waals surface area contributed by atoms with E-state index >= 15 is 0 Å². The molecule has 2 nitrogen and oxygen atoms in total. The van der Waals surface area contributed by atoms with Crippen LogP contribution in [0.3, 0.4) is 0 Å². The second-order valence-corrected chi connectivity index (χ2v) is 5.44. The maximum Gasteiger partial charge on any atom is 0.00271 e. The summed E-state index contributed by atoms with van der Waals surface area (Å²) in [4.78, 5) is 2.40. The minimum absolute atomic E-state index is 0.400. The Labute approximate surface area is 83.5 Å². The maximum absolute atomic E-state index is 5.51. The molecule has 1 atom stereocenters. The van der Waals surface area contributed by atoms with E-state index < -0.39 is 0 Å². The van der Waals surface area contributed by atoms with Crippen molar-refractivity contribution in [1.82, 2.24) is 4.90 Å². The lowest BCUT2D eigenvalue weighted by Crippen LogP contribution is -2.33. The lowest BCUT2D eigenvalue weighted by atomic mass is 9.95. The summed E-state index contributed by atoms with van der Waals surface area (Å²) in [6.07, 6.45) is 1.13. The molecule has 0 aromatic rings. The summed E-state index contributed by atoms with van der Waals surface area (Å²) in [6.45, 7) is 12.2. The lowest BCUT2D eigenvalue weighted by molar-refractivity contribution is 0.201. The second-order valence-electron chi connectivity index (χ2n) is 5.44. The molecule has 0 spiro atoms. The van der Waals surface area contributed by atoms with Crippen molar-refractivity contribution in [3.8, 4) is 0 Å². The van der Waals surface area contributed by atoms with Crippen molar-refractivity contribution in [1.29, 1.82) is 0 Å². The van der Waals surface area contributed by atoms with Gasteiger partial charge in [0.15, 0.2) is 0 Å². The first-order valence-electron chi connectivity index (χ1n) is 5.24. The first-order valence-corrected chi connectivity index (χ1v) is 5.24. The van der Waals surface area contributed by atoms with E-state index in [0.717, 1.165) is 32.0 Å². The van der Waals surface area contributed by atoms with Crippen LogP contribution in [0.25, 0.3) is 0 Å². The van der Waals surface area contributed by atoms with E-state index in [0.29, 0.717) is 5.41 Å². The van der Waals surface area contributed by atoms with Crippen LogP contribution in [0.2, 0.25) is 0 Å². The number of rotatable bonds is 5. The fourth-order valence-electron chi connectivity index (χ4n) is 1.78. The number of nitrogens with zero attached hydrogens (tertiary/aromatic N) is 1. The summed E-state index contributed by atoms with van der Waals surface area (Å²) in [5.41, 5.74) is 5.91. The van der Waals surface area contributed by atoms with Gasteiger partial charge in [-0.15, -0.1) is 0 Å². The van der Waals surface area contributed by atoms with Gasteiger partial charge in [-0.05, 0) is 31.3 Å². The third-order valence-electron chi connectivity index (χ3n) is 2.03. The van der Waals surface area contributed by atoms with E-state index in [9.17, 15) is 0 Å². The van der Waals surface area contributed by atoms with Gasteiger partial charge in [0.2, 0.25) is 0 Å². The zero-order valence-corrected chi connectivity index (χ0v) is 9.93. The van der Waals surface area contributed by atoms with Crippen LogP contribution >= 0.6 is 0 Å². The van der Waals surface area contributed by atoms with Crippen molar-refractivity contribution in [3.05, 3.63) is 0 Å². The summed E-state index contributed by atoms with van der Waals surface area (Å²) in [6, 6.07) is 0. The van der Waals surface area contributed by atoms with Crippen LogP contribution in [0.1, 0.15) is 34.1 Å². The standard InChI is InChI=1S/C11H26N2/c1-10(6-7-12)8-13(5)9-11(2,3)4/h10H,6-9,12H2,1-5H3. The first kappa shape index (κ1) is 12.9. The summed E-state index contributed by atoms with van der Waals surface area (Å²) < 4.78 is 0. The van der Waals surface area contributed by atoms with Crippen molar-refractivity contribution in [3.63, 3.8) is 0 Å². The van der Waals surface area contributed by atoms with Crippen molar-refractivity contribution in [2.75, 3.05) is 26.7 Å². The van der Waals surface area contributed by atoms with Crippen LogP contribution in [0.5, 0.6) is 0 Å². The molecule has 0 aliphatic heterocycles.